The molecule has 0 fully saturated rings. The van der Waals surface area contributed by atoms with E-state index in [0.717, 1.165) is 10.8 Å². The lowest BCUT2D eigenvalue weighted by Crippen LogP contribution is -2.25. The van der Waals surface area contributed by atoms with Crippen molar-refractivity contribution < 1.29 is 0 Å². The van der Waals surface area contributed by atoms with Crippen LogP contribution in [0, 0.1) is 6.92 Å². The Hall–Kier alpha value is -0.480. The summed E-state index contributed by atoms with van der Waals surface area (Å²) in [5.74, 6) is 0. The van der Waals surface area contributed by atoms with Gasteiger partial charge in [-0.2, -0.15) is 0 Å². The van der Waals surface area contributed by atoms with E-state index in [0.29, 0.717) is 0 Å². The summed E-state index contributed by atoms with van der Waals surface area (Å²) in [7, 11) is 0. The number of aryl methyl sites for hydroxylation is 1. The second-order valence-electron chi connectivity index (χ2n) is 4.52. The summed E-state index contributed by atoms with van der Waals surface area (Å²) in [6.45, 7) is 4.27. The third kappa shape index (κ3) is 3.76. The van der Waals surface area contributed by atoms with Gasteiger partial charge in [-0.1, -0.05) is 36.7 Å². The van der Waals surface area contributed by atoms with Crippen molar-refractivity contribution in [1.29, 1.82) is 0 Å². The minimum Gasteiger partial charge on any atom is -0.326 e. The number of thioether (sulfide) groups is 1. The largest absolute Gasteiger partial charge is 0.326 e. The SMILES string of the molecule is CCC(N)C(Sc1ccccc1C)c1ccc(Cl)s1. The molecule has 1 nitrogen and oxygen atoms in total. The zero-order valence-corrected chi connectivity index (χ0v) is 13.5. The summed E-state index contributed by atoms with van der Waals surface area (Å²) < 4.78 is 0.827. The minimum atomic E-state index is 0.138. The molecule has 0 bridgehead atoms. The van der Waals surface area contributed by atoms with Gasteiger partial charge in [-0.25, -0.2) is 0 Å². The van der Waals surface area contributed by atoms with Gasteiger partial charge in [-0.3, -0.25) is 0 Å². The molecule has 2 unspecified atom stereocenters. The van der Waals surface area contributed by atoms with Crippen molar-refractivity contribution in [2.45, 2.75) is 36.5 Å². The van der Waals surface area contributed by atoms with Gasteiger partial charge in [0.15, 0.2) is 0 Å². The van der Waals surface area contributed by atoms with Crippen molar-refractivity contribution in [3.05, 3.63) is 51.2 Å². The van der Waals surface area contributed by atoms with Gasteiger partial charge < -0.3 is 5.73 Å². The van der Waals surface area contributed by atoms with Gasteiger partial charge >= 0.3 is 0 Å². The minimum absolute atomic E-state index is 0.138. The topological polar surface area (TPSA) is 26.0 Å². The van der Waals surface area contributed by atoms with Gasteiger partial charge in [-0.05, 0) is 37.1 Å². The van der Waals surface area contributed by atoms with Gasteiger partial charge in [0.05, 0.1) is 9.59 Å². The highest BCUT2D eigenvalue weighted by Crippen LogP contribution is 2.42. The lowest BCUT2D eigenvalue weighted by atomic mass is 10.1. The summed E-state index contributed by atoms with van der Waals surface area (Å²) in [5.41, 5.74) is 7.59. The van der Waals surface area contributed by atoms with Crippen LogP contribution in [0.15, 0.2) is 41.3 Å². The van der Waals surface area contributed by atoms with Crippen LogP contribution in [0.1, 0.15) is 29.0 Å². The van der Waals surface area contributed by atoms with Crippen LogP contribution >= 0.6 is 34.7 Å². The second kappa shape index (κ2) is 6.80. The van der Waals surface area contributed by atoms with Crippen LogP contribution < -0.4 is 5.73 Å². The van der Waals surface area contributed by atoms with Crippen LogP contribution in [0.3, 0.4) is 0 Å². The van der Waals surface area contributed by atoms with E-state index >= 15 is 0 Å². The fourth-order valence-electron chi connectivity index (χ4n) is 1.88. The van der Waals surface area contributed by atoms with Crippen molar-refractivity contribution in [2.24, 2.45) is 5.73 Å². The molecule has 2 aromatic rings. The predicted molar refractivity (Wildman–Crippen MR) is 87.4 cm³/mol. The Kier molecular flexibility index (Phi) is 5.34. The first-order valence-electron chi connectivity index (χ1n) is 6.35. The zero-order chi connectivity index (χ0) is 13.8. The highest BCUT2D eigenvalue weighted by Gasteiger charge is 2.22. The molecule has 1 aromatic carbocycles. The Morgan fingerprint density at radius 2 is 2.00 bits per heavy atom. The third-order valence-corrected chi connectivity index (χ3v) is 6.12. The number of halogens is 1. The Morgan fingerprint density at radius 3 is 2.58 bits per heavy atom. The molecule has 0 radical (unpaired) electrons. The standard InChI is InChI=1S/C15H18ClNS2/c1-3-11(17)15(13-8-9-14(16)18-13)19-12-7-5-4-6-10(12)2/h4-9,11,15H,3,17H2,1-2H3. The van der Waals surface area contributed by atoms with Crippen LogP contribution in [-0.2, 0) is 0 Å². The number of thiophene rings is 1. The average molecular weight is 312 g/mol. The first-order valence-corrected chi connectivity index (χ1v) is 8.42. The molecular weight excluding hydrogens is 294 g/mol. The highest BCUT2D eigenvalue weighted by molar-refractivity contribution is 7.99. The van der Waals surface area contributed by atoms with Crippen LogP contribution in [-0.4, -0.2) is 6.04 Å². The molecule has 0 saturated heterocycles. The Bertz CT molecular complexity index is 538. The fourth-order valence-corrected chi connectivity index (χ4v) is 4.53. The summed E-state index contributed by atoms with van der Waals surface area (Å²) in [5, 5.41) is 0.267. The monoisotopic (exact) mass is 311 g/mol. The highest BCUT2D eigenvalue weighted by atomic mass is 35.5. The van der Waals surface area contributed by atoms with E-state index in [1.807, 2.05) is 17.8 Å². The molecule has 102 valence electrons. The molecule has 0 spiro atoms. The van der Waals surface area contributed by atoms with E-state index in [1.165, 1.54) is 15.3 Å². The van der Waals surface area contributed by atoms with Gasteiger partial charge in [0.25, 0.3) is 0 Å². The average Bonchev–Trinajstić information content (AvgIpc) is 2.83. The predicted octanol–water partition coefficient (Wildman–Crippen LogP) is 5.28. The summed E-state index contributed by atoms with van der Waals surface area (Å²) in [6.07, 6.45) is 0.957. The molecule has 0 aliphatic heterocycles. The maximum atomic E-state index is 6.30. The van der Waals surface area contributed by atoms with E-state index in [2.05, 4.69) is 44.2 Å². The molecule has 0 saturated carbocycles. The lowest BCUT2D eigenvalue weighted by Gasteiger charge is -2.22. The number of benzene rings is 1. The molecular formula is C15H18ClNS2. The number of nitrogens with two attached hydrogens (primary N) is 1. The Balaban J connectivity index is 2.27. The third-order valence-electron chi connectivity index (χ3n) is 3.08. The van der Waals surface area contributed by atoms with Gasteiger partial charge in [-0.15, -0.1) is 23.1 Å². The molecule has 1 aromatic heterocycles. The van der Waals surface area contributed by atoms with Crippen LogP contribution in [0.25, 0.3) is 0 Å². The van der Waals surface area contributed by atoms with Crippen LogP contribution in [0.4, 0.5) is 0 Å². The summed E-state index contributed by atoms with van der Waals surface area (Å²) in [6, 6.07) is 12.6. The van der Waals surface area contributed by atoms with Crippen molar-refractivity contribution >= 4 is 34.7 Å². The van der Waals surface area contributed by atoms with Crippen molar-refractivity contribution in [3.63, 3.8) is 0 Å². The molecule has 0 aliphatic rings. The maximum Gasteiger partial charge on any atom is 0.0931 e. The first kappa shape index (κ1) is 14.9. The fraction of sp³-hybridized carbons (Fsp3) is 0.333. The Labute approximate surface area is 128 Å². The molecule has 19 heavy (non-hydrogen) atoms. The number of hydrogen-bond acceptors (Lipinski definition) is 3. The van der Waals surface area contributed by atoms with Crippen molar-refractivity contribution in [1.82, 2.24) is 0 Å². The van der Waals surface area contributed by atoms with Crippen molar-refractivity contribution in [2.75, 3.05) is 0 Å². The molecule has 1 heterocycles. The number of rotatable bonds is 5. The smallest absolute Gasteiger partial charge is 0.0931 e. The number of hydrogen-bond donors (Lipinski definition) is 1. The van der Waals surface area contributed by atoms with Crippen LogP contribution in [0.2, 0.25) is 4.34 Å². The quantitative estimate of drug-likeness (QED) is 0.760. The van der Waals surface area contributed by atoms with E-state index in [9.17, 15) is 0 Å². The molecule has 2 atom stereocenters. The molecule has 0 amide bonds. The summed E-state index contributed by atoms with van der Waals surface area (Å²) in [4.78, 5) is 2.55. The van der Waals surface area contributed by atoms with Gasteiger partial charge in [0.2, 0.25) is 0 Å². The van der Waals surface area contributed by atoms with E-state index < -0.39 is 0 Å². The van der Waals surface area contributed by atoms with E-state index in [1.54, 1.807) is 11.3 Å². The molecule has 2 rings (SSSR count). The second-order valence-corrected chi connectivity index (χ2v) is 7.45. The van der Waals surface area contributed by atoms with E-state index in [-0.39, 0.29) is 11.3 Å². The van der Waals surface area contributed by atoms with Crippen molar-refractivity contribution in [3.8, 4) is 0 Å². The molecule has 2 N–H and O–H groups in total. The Morgan fingerprint density at radius 1 is 1.26 bits per heavy atom. The summed E-state index contributed by atoms with van der Waals surface area (Å²) >= 11 is 9.53. The maximum absolute atomic E-state index is 6.30. The van der Waals surface area contributed by atoms with Crippen LogP contribution in [0.5, 0.6) is 0 Å². The molecule has 0 aliphatic carbocycles. The zero-order valence-electron chi connectivity index (χ0n) is 11.1. The normalized spacial score (nSPS) is 14.3. The lowest BCUT2D eigenvalue weighted by molar-refractivity contribution is 0.640. The van der Waals surface area contributed by atoms with Gasteiger partial charge in [0.1, 0.15) is 0 Å². The van der Waals surface area contributed by atoms with Gasteiger partial charge in [0, 0.05) is 15.8 Å². The first-order chi connectivity index (χ1) is 9.11. The van der Waals surface area contributed by atoms with E-state index in [4.69, 9.17) is 17.3 Å². The molecule has 4 heteroatoms.